The average Bonchev–Trinajstić information content (AvgIpc) is 2.61. The predicted octanol–water partition coefficient (Wildman–Crippen LogP) is 0.140. The maximum atomic E-state index is 12.0. The minimum absolute atomic E-state index is 0.0550. The van der Waals surface area contributed by atoms with Gasteiger partial charge >= 0.3 is 6.03 Å². The number of benzene rings is 1. The molecule has 0 fully saturated rings. The van der Waals surface area contributed by atoms with Crippen molar-refractivity contribution in [1.29, 1.82) is 0 Å². The molecule has 0 saturated carbocycles. The van der Waals surface area contributed by atoms with E-state index < -0.39 is 21.4 Å². The lowest BCUT2D eigenvalue weighted by Gasteiger charge is -2.34. The first-order valence-corrected chi connectivity index (χ1v) is 7.10. The van der Waals surface area contributed by atoms with Gasteiger partial charge in [-0.2, -0.15) is 4.99 Å². The van der Waals surface area contributed by atoms with Gasteiger partial charge in [-0.3, -0.25) is 0 Å². The van der Waals surface area contributed by atoms with Crippen LogP contribution in [0.3, 0.4) is 0 Å². The van der Waals surface area contributed by atoms with Crippen LogP contribution < -0.4 is 11.1 Å². The van der Waals surface area contributed by atoms with Gasteiger partial charge in [0.2, 0.25) is 0 Å². The van der Waals surface area contributed by atoms with Gasteiger partial charge in [0, 0.05) is 5.56 Å². The van der Waals surface area contributed by atoms with Crippen molar-refractivity contribution in [3.05, 3.63) is 29.8 Å². The van der Waals surface area contributed by atoms with E-state index in [0.29, 0.717) is 5.56 Å². The molecular formula is C11H11N3O3S. The molecule has 1 aromatic carbocycles. The molecular weight excluding hydrogens is 254 g/mol. The van der Waals surface area contributed by atoms with Gasteiger partial charge in [0.15, 0.2) is 9.84 Å². The Kier molecular flexibility index (Phi) is 2.07. The number of sulfone groups is 1. The van der Waals surface area contributed by atoms with Crippen molar-refractivity contribution in [2.24, 2.45) is 10.7 Å². The van der Waals surface area contributed by atoms with Crippen LogP contribution in [0.25, 0.3) is 0 Å². The molecule has 1 unspecified atom stereocenters. The van der Waals surface area contributed by atoms with E-state index in [0.717, 1.165) is 0 Å². The van der Waals surface area contributed by atoms with Gasteiger partial charge in [0.1, 0.15) is 11.4 Å². The summed E-state index contributed by atoms with van der Waals surface area (Å²) in [6, 6.07) is 6.05. The Hall–Kier alpha value is -1.89. The van der Waals surface area contributed by atoms with Gasteiger partial charge in [-0.15, -0.1) is 0 Å². The van der Waals surface area contributed by atoms with Crippen LogP contribution in [0.15, 0.2) is 34.2 Å². The molecule has 2 amide bonds. The van der Waals surface area contributed by atoms with Gasteiger partial charge < -0.3 is 11.1 Å². The van der Waals surface area contributed by atoms with E-state index in [1.54, 1.807) is 18.2 Å². The minimum atomic E-state index is -3.31. The summed E-state index contributed by atoms with van der Waals surface area (Å²) in [4.78, 5) is 15.3. The third kappa shape index (κ3) is 1.30. The Balaban J connectivity index is 2.29. The van der Waals surface area contributed by atoms with E-state index in [1.165, 1.54) is 6.07 Å². The number of carbonyl (C=O) groups is 1. The zero-order chi connectivity index (χ0) is 13.0. The molecule has 2 aliphatic heterocycles. The molecule has 18 heavy (non-hydrogen) atoms. The number of hydrogen-bond acceptors (Lipinski definition) is 4. The molecule has 2 aliphatic rings. The number of aliphatic imine (C=N–C) groups is 1. The largest absolute Gasteiger partial charge is 0.385 e. The highest BCUT2D eigenvalue weighted by Crippen LogP contribution is 2.38. The molecule has 3 rings (SSSR count). The number of urea groups is 1. The molecule has 6 nitrogen and oxygen atoms in total. The number of nitrogens with zero attached hydrogens (tertiary/aromatic N) is 1. The molecule has 3 N–H and O–H groups in total. The van der Waals surface area contributed by atoms with Crippen molar-refractivity contribution in [2.75, 3.05) is 5.75 Å². The maximum absolute atomic E-state index is 12.0. The Morgan fingerprint density at radius 1 is 1.33 bits per heavy atom. The molecule has 2 heterocycles. The monoisotopic (exact) mass is 265 g/mol. The lowest BCUT2D eigenvalue weighted by atomic mass is 9.86. The van der Waals surface area contributed by atoms with E-state index >= 15 is 0 Å². The van der Waals surface area contributed by atoms with Gasteiger partial charge in [0.05, 0.1) is 10.6 Å². The number of nitrogens with two attached hydrogens (primary N) is 1. The van der Waals surface area contributed by atoms with E-state index in [9.17, 15) is 13.2 Å². The molecule has 0 aliphatic carbocycles. The second kappa shape index (κ2) is 3.32. The summed E-state index contributed by atoms with van der Waals surface area (Å²) in [5.74, 6) is 0.0791. The number of nitrogens with one attached hydrogen (secondary N) is 1. The maximum Gasteiger partial charge on any atom is 0.343 e. The summed E-state index contributed by atoms with van der Waals surface area (Å²) in [6.45, 7) is 0. The fraction of sp³-hybridized carbons (Fsp3) is 0.273. The van der Waals surface area contributed by atoms with Gasteiger partial charge in [-0.05, 0) is 12.5 Å². The molecule has 1 spiro atoms. The average molecular weight is 265 g/mol. The Bertz CT molecular complexity index is 681. The number of fused-ring (bicyclic) bond motifs is 2. The highest BCUT2D eigenvalue weighted by atomic mass is 32.2. The van der Waals surface area contributed by atoms with Gasteiger partial charge in [0.25, 0.3) is 0 Å². The third-order valence-electron chi connectivity index (χ3n) is 3.41. The summed E-state index contributed by atoms with van der Waals surface area (Å²) < 4.78 is 24.0. The van der Waals surface area contributed by atoms with Crippen LogP contribution in [0.5, 0.6) is 0 Å². The molecule has 0 saturated heterocycles. The van der Waals surface area contributed by atoms with Crippen molar-refractivity contribution in [1.82, 2.24) is 5.32 Å². The second-order valence-electron chi connectivity index (χ2n) is 4.40. The number of amides is 2. The normalized spacial score (nSPS) is 28.7. The number of carbonyl (C=O) groups excluding carboxylic acids is 1. The molecule has 7 heteroatoms. The predicted molar refractivity (Wildman–Crippen MR) is 64.9 cm³/mol. The Morgan fingerprint density at radius 2 is 2.06 bits per heavy atom. The Labute approximate surface area is 104 Å². The molecule has 94 valence electrons. The number of rotatable bonds is 0. The van der Waals surface area contributed by atoms with Crippen molar-refractivity contribution < 1.29 is 13.2 Å². The first kappa shape index (κ1) is 11.2. The van der Waals surface area contributed by atoms with Crippen molar-refractivity contribution in [2.45, 2.75) is 16.9 Å². The molecule has 0 aromatic heterocycles. The summed E-state index contributed by atoms with van der Waals surface area (Å²) >= 11 is 0. The quantitative estimate of drug-likeness (QED) is 0.696. The summed E-state index contributed by atoms with van der Waals surface area (Å²) in [5, 5.41) is 2.68. The fourth-order valence-corrected chi connectivity index (χ4v) is 4.16. The van der Waals surface area contributed by atoms with E-state index in [4.69, 9.17) is 5.73 Å². The zero-order valence-electron chi connectivity index (χ0n) is 9.38. The second-order valence-corrected chi connectivity index (χ2v) is 6.48. The SMILES string of the molecule is NC1=NC(=O)NC12CCS(=O)(=O)c1ccccc12. The van der Waals surface area contributed by atoms with Crippen molar-refractivity contribution in [3.63, 3.8) is 0 Å². The van der Waals surface area contributed by atoms with Crippen LogP contribution in [0.2, 0.25) is 0 Å². The summed E-state index contributed by atoms with van der Waals surface area (Å²) in [7, 11) is -3.31. The molecule has 0 radical (unpaired) electrons. The zero-order valence-corrected chi connectivity index (χ0v) is 10.2. The summed E-state index contributed by atoms with van der Waals surface area (Å²) in [6.07, 6.45) is 0.216. The Morgan fingerprint density at radius 3 is 2.72 bits per heavy atom. The molecule has 1 atom stereocenters. The van der Waals surface area contributed by atoms with E-state index in [-0.39, 0.29) is 22.9 Å². The van der Waals surface area contributed by atoms with E-state index in [2.05, 4.69) is 10.3 Å². The van der Waals surface area contributed by atoms with Crippen molar-refractivity contribution in [3.8, 4) is 0 Å². The smallest absolute Gasteiger partial charge is 0.343 e. The lowest BCUT2D eigenvalue weighted by molar-refractivity contribution is 0.245. The van der Waals surface area contributed by atoms with Crippen LogP contribution in [0.1, 0.15) is 12.0 Å². The van der Waals surface area contributed by atoms with Crippen LogP contribution in [-0.2, 0) is 15.4 Å². The standard InChI is InChI=1S/C11H11N3O3S/c12-9-11(14-10(15)13-9)5-6-18(16,17)8-4-2-1-3-7(8)11/h1-4H,5-6H2,(H3,12,13,14,15). The van der Waals surface area contributed by atoms with Crippen LogP contribution in [0, 0.1) is 0 Å². The van der Waals surface area contributed by atoms with Crippen LogP contribution in [0.4, 0.5) is 4.79 Å². The number of hydrogen-bond donors (Lipinski definition) is 2. The van der Waals surface area contributed by atoms with Gasteiger partial charge in [-0.1, -0.05) is 18.2 Å². The van der Waals surface area contributed by atoms with Crippen molar-refractivity contribution >= 4 is 21.7 Å². The fourth-order valence-electron chi connectivity index (χ4n) is 2.50. The topological polar surface area (TPSA) is 102 Å². The van der Waals surface area contributed by atoms with Gasteiger partial charge in [-0.25, -0.2) is 13.2 Å². The number of amidine groups is 1. The first-order chi connectivity index (χ1) is 8.46. The van der Waals surface area contributed by atoms with Crippen LogP contribution in [-0.4, -0.2) is 26.0 Å². The van der Waals surface area contributed by atoms with Crippen LogP contribution >= 0.6 is 0 Å². The summed E-state index contributed by atoms with van der Waals surface area (Å²) in [5.41, 5.74) is 5.35. The lowest BCUT2D eigenvalue weighted by Crippen LogP contribution is -2.52. The molecule has 0 bridgehead atoms. The third-order valence-corrected chi connectivity index (χ3v) is 5.17. The minimum Gasteiger partial charge on any atom is -0.385 e. The van der Waals surface area contributed by atoms with E-state index in [1.807, 2.05) is 0 Å². The highest BCUT2D eigenvalue weighted by Gasteiger charge is 2.49. The highest BCUT2D eigenvalue weighted by molar-refractivity contribution is 7.91. The first-order valence-electron chi connectivity index (χ1n) is 5.45. The molecule has 1 aromatic rings.